The third-order valence-corrected chi connectivity index (χ3v) is 6.80. The number of Topliss-reactive ketones (excluding diaryl/α,β-unsaturated/α-hetero) is 1. The summed E-state index contributed by atoms with van der Waals surface area (Å²) in [5, 5.41) is 0. The first-order valence-corrected chi connectivity index (χ1v) is 10.3. The van der Waals surface area contributed by atoms with Crippen LogP contribution in [0.4, 0.5) is 0 Å². The molecule has 142 valence electrons. The number of piperidine rings is 1. The Bertz CT molecular complexity index is 901. The summed E-state index contributed by atoms with van der Waals surface area (Å²) in [5.74, 6) is 0.245. The minimum atomic E-state index is -0.444. The van der Waals surface area contributed by atoms with Crippen molar-refractivity contribution in [2.24, 2.45) is 0 Å². The highest BCUT2D eigenvalue weighted by atomic mass is 16.1. The molecule has 0 aromatic heterocycles. The second kappa shape index (κ2) is 6.31. The Morgan fingerprint density at radius 1 is 0.926 bits per heavy atom. The van der Waals surface area contributed by atoms with Crippen LogP contribution in [0.25, 0.3) is 11.1 Å². The van der Waals surface area contributed by atoms with Crippen molar-refractivity contribution in [3.8, 4) is 11.1 Å². The Balaban J connectivity index is 1.73. The van der Waals surface area contributed by atoms with Crippen LogP contribution in [0.5, 0.6) is 0 Å². The van der Waals surface area contributed by atoms with Crippen molar-refractivity contribution in [3.63, 3.8) is 0 Å². The van der Waals surface area contributed by atoms with Gasteiger partial charge in [0.1, 0.15) is 0 Å². The van der Waals surface area contributed by atoms with Crippen molar-refractivity contribution in [2.45, 2.75) is 64.8 Å². The van der Waals surface area contributed by atoms with Crippen LogP contribution in [0.15, 0.2) is 36.4 Å². The molecular formula is C25H31NO. The summed E-state index contributed by atoms with van der Waals surface area (Å²) in [6, 6.07) is 13.1. The fourth-order valence-electron chi connectivity index (χ4n) is 4.94. The number of benzene rings is 2. The Morgan fingerprint density at radius 3 is 2.19 bits per heavy atom. The number of fused-ring (bicyclic) bond motifs is 3. The first-order chi connectivity index (χ1) is 12.7. The highest BCUT2D eigenvalue weighted by molar-refractivity contribution is 6.03. The fraction of sp³-hybridized carbons (Fsp3) is 0.480. The molecule has 2 aromatic carbocycles. The van der Waals surface area contributed by atoms with Crippen molar-refractivity contribution in [1.29, 1.82) is 0 Å². The second-order valence-electron chi connectivity index (χ2n) is 9.37. The zero-order chi connectivity index (χ0) is 19.4. The van der Waals surface area contributed by atoms with E-state index < -0.39 is 5.54 Å². The maximum Gasteiger partial charge on any atom is 0.182 e. The third-order valence-electron chi connectivity index (χ3n) is 6.80. The molecule has 0 saturated carbocycles. The van der Waals surface area contributed by atoms with Crippen LogP contribution < -0.4 is 0 Å². The molecule has 0 spiro atoms. The lowest BCUT2D eigenvalue weighted by Gasteiger charge is -2.40. The predicted molar refractivity (Wildman–Crippen MR) is 113 cm³/mol. The molecule has 0 radical (unpaired) electrons. The first kappa shape index (κ1) is 18.4. The summed E-state index contributed by atoms with van der Waals surface area (Å²) in [6.07, 6.45) is 3.68. The molecule has 2 aromatic rings. The largest absolute Gasteiger partial charge is 0.292 e. The molecular weight excluding hydrogens is 330 g/mol. The van der Waals surface area contributed by atoms with Crippen LogP contribution in [0.3, 0.4) is 0 Å². The molecule has 1 aliphatic heterocycles. The monoisotopic (exact) mass is 361 g/mol. The standard InChI is InChI=1S/C25H31NO/c1-17-9-11-19-20-12-10-18(16-22(20)24(2,3)21(19)15-17)23(27)25(4,5)26-13-7-6-8-14-26/h9-12,15-16H,6-8,13-14H2,1-5H3. The van der Waals surface area contributed by atoms with Crippen molar-refractivity contribution in [3.05, 3.63) is 58.7 Å². The van der Waals surface area contributed by atoms with E-state index in [-0.39, 0.29) is 11.2 Å². The highest BCUT2D eigenvalue weighted by Gasteiger charge is 2.39. The van der Waals surface area contributed by atoms with Gasteiger partial charge in [-0.25, -0.2) is 0 Å². The number of hydrogen-bond acceptors (Lipinski definition) is 2. The molecule has 2 nitrogen and oxygen atoms in total. The van der Waals surface area contributed by atoms with Gasteiger partial charge in [-0.15, -0.1) is 0 Å². The van der Waals surface area contributed by atoms with E-state index in [9.17, 15) is 4.79 Å². The molecule has 0 atom stereocenters. The van der Waals surface area contributed by atoms with Gasteiger partial charge >= 0.3 is 0 Å². The number of nitrogens with zero attached hydrogens (tertiary/aromatic N) is 1. The molecule has 4 rings (SSSR count). The number of carbonyl (C=O) groups is 1. The highest BCUT2D eigenvalue weighted by Crippen LogP contribution is 2.49. The van der Waals surface area contributed by atoms with E-state index in [1.54, 1.807) is 0 Å². The summed E-state index contributed by atoms with van der Waals surface area (Å²) >= 11 is 0. The second-order valence-corrected chi connectivity index (χ2v) is 9.37. The van der Waals surface area contributed by atoms with Crippen LogP contribution in [-0.2, 0) is 5.41 Å². The Morgan fingerprint density at radius 2 is 1.52 bits per heavy atom. The molecule has 0 N–H and O–H groups in total. The molecule has 2 heteroatoms. The van der Waals surface area contributed by atoms with Crippen molar-refractivity contribution in [2.75, 3.05) is 13.1 Å². The van der Waals surface area contributed by atoms with Gasteiger partial charge in [0, 0.05) is 11.0 Å². The molecule has 1 heterocycles. The first-order valence-electron chi connectivity index (χ1n) is 10.3. The van der Waals surface area contributed by atoms with Crippen molar-refractivity contribution >= 4 is 5.78 Å². The number of likely N-dealkylation sites (tertiary alicyclic amines) is 1. The molecule has 27 heavy (non-hydrogen) atoms. The van der Waals surface area contributed by atoms with Gasteiger partial charge in [0.05, 0.1) is 5.54 Å². The van der Waals surface area contributed by atoms with Crippen LogP contribution in [0.1, 0.15) is 74.0 Å². The van der Waals surface area contributed by atoms with Crippen LogP contribution >= 0.6 is 0 Å². The van der Waals surface area contributed by atoms with Gasteiger partial charge in [0.25, 0.3) is 0 Å². The smallest absolute Gasteiger partial charge is 0.182 e. The summed E-state index contributed by atoms with van der Waals surface area (Å²) in [7, 11) is 0. The molecule has 1 aliphatic carbocycles. The van der Waals surface area contributed by atoms with Gasteiger partial charge in [-0.05, 0) is 75.0 Å². The SMILES string of the molecule is Cc1ccc2c(c1)C(C)(C)c1cc(C(=O)C(C)(C)N3CCCCC3)ccc1-2. The van der Waals surface area contributed by atoms with Gasteiger partial charge in [-0.3, -0.25) is 9.69 Å². The van der Waals surface area contributed by atoms with E-state index in [1.807, 2.05) is 6.07 Å². The normalized spacial score (nSPS) is 18.9. The van der Waals surface area contributed by atoms with Gasteiger partial charge in [-0.1, -0.05) is 56.2 Å². The number of rotatable bonds is 3. The van der Waals surface area contributed by atoms with Gasteiger partial charge in [0.15, 0.2) is 5.78 Å². The maximum atomic E-state index is 13.5. The quantitative estimate of drug-likeness (QED) is 0.649. The van der Waals surface area contributed by atoms with E-state index >= 15 is 0 Å². The van der Waals surface area contributed by atoms with Crippen LogP contribution in [-0.4, -0.2) is 29.3 Å². The zero-order valence-corrected chi connectivity index (χ0v) is 17.4. The number of aryl methyl sites for hydroxylation is 1. The average Bonchev–Trinajstić information content (AvgIpc) is 2.88. The lowest BCUT2D eigenvalue weighted by molar-refractivity contribution is 0.0579. The van der Waals surface area contributed by atoms with E-state index in [2.05, 4.69) is 69.9 Å². The summed E-state index contributed by atoms with van der Waals surface area (Å²) in [5.41, 5.74) is 6.88. The van der Waals surface area contributed by atoms with Gasteiger partial charge in [-0.2, -0.15) is 0 Å². The topological polar surface area (TPSA) is 20.3 Å². The maximum absolute atomic E-state index is 13.5. The van der Waals surface area contributed by atoms with Crippen LogP contribution in [0, 0.1) is 6.92 Å². The average molecular weight is 362 g/mol. The van der Waals surface area contributed by atoms with Gasteiger partial charge < -0.3 is 0 Å². The summed E-state index contributed by atoms with van der Waals surface area (Å²) in [6.45, 7) is 13.0. The lowest BCUT2D eigenvalue weighted by Crippen LogP contribution is -2.52. The predicted octanol–water partition coefficient (Wildman–Crippen LogP) is 5.75. The van der Waals surface area contributed by atoms with Crippen molar-refractivity contribution in [1.82, 2.24) is 4.90 Å². The Hall–Kier alpha value is -1.93. The zero-order valence-electron chi connectivity index (χ0n) is 17.4. The molecule has 0 bridgehead atoms. The fourth-order valence-corrected chi connectivity index (χ4v) is 4.94. The minimum Gasteiger partial charge on any atom is -0.292 e. The lowest BCUT2D eigenvalue weighted by atomic mass is 9.80. The van der Waals surface area contributed by atoms with E-state index in [0.29, 0.717) is 0 Å². The summed E-state index contributed by atoms with van der Waals surface area (Å²) in [4.78, 5) is 15.8. The summed E-state index contributed by atoms with van der Waals surface area (Å²) < 4.78 is 0. The van der Waals surface area contributed by atoms with Crippen LogP contribution in [0.2, 0.25) is 0 Å². The molecule has 0 amide bonds. The number of carbonyl (C=O) groups excluding carboxylic acids is 1. The third kappa shape index (κ3) is 2.86. The Labute approximate surface area is 163 Å². The molecule has 0 unspecified atom stereocenters. The van der Waals surface area contributed by atoms with E-state index in [0.717, 1.165) is 18.7 Å². The van der Waals surface area contributed by atoms with E-state index in [4.69, 9.17) is 0 Å². The van der Waals surface area contributed by atoms with E-state index in [1.165, 1.54) is 47.1 Å². The van der Waals surface area contributed by atoms with Gasteiger partial charge in [0.2, 0.25) is 0 Å². The molecule has 2 aliphatic rings. The number of hydrogen-bond donors (Lipinski definition) is 0. The number of ketones is 1. The molecule has 1 saturated heterocycles. The Kier molecular flexibility index (Phi) is 4.31. The van der Waals surface area contributed by atoms with Crippen molar-refractivity contribution < 1.29 is 4.79 Å². The minimum absolute atomic E-state index is 0.0672. The molecule has 1 fully saturated rings.